The summed E-state index contributed by atoms with van der Waals surface area (Å²) in [5.74, 6) is 1.73. The largest absolute Gasteiger partial charge is 0.352 e. The predicted molar refractivity (Wildman–Crippen MR) is 65.0 cm³/mol. The van der Waals surface area contributed by atoms with Gasteiger partial charge in [0.2, 0.25) is 0 Å². The number of aryl methyl sites for hydroxylation is 1. The number of rotatable bonds is 2. The highest BCUT2D eigenvalue weighted by molar-refractivity contribution is 5.41. The van der Waals surface area contributed by atoms with Gasteiger partial charge in [-0.15, -0.1) is 0 Å². The molecular weight excluding hydrogens is 228 g/mol. The average Bonchev–Trinajstić information content (AvgIpc) is 2.76. The molecule has 1 aliphatic heterocycles. The number of nitriles is 1. The Morgan fingerprint density at radius 1 is 1.44 bits per heavy atom. The second-order valence-corrected chi connectivity index (χ2v) is 4.34. The fourth-order valence-corrected chi connectivity index (χ4v) is 2.02. The normalized spacial score (nSPS) is 15.2. The summed E-state index contributed by atoms with van der Waals surface area (Å²) in [5.41, 5.74) is 0.603. The fourth-order valence-electron chi connectivity index (χ4n) is 2.02. The van der Waals surface area contributed by atoms with E-state index in [0.29, 0.717) is 11.6 Å². The molecule has 1 aliphatic rings. The standard InChI is InChI=1S/C12H12N6/c1-9-14-3-2-12(16-9)17-7-11(8-17)18-6-10(4-13)5-15-18/h2-3,5-6,11H,7-8H2,1H3. The van der Waals surface area contributed by atoms with Gasteiger partial charge in [0.05, 0.1) is 17.8 Å². The van der Waals surface area contributed by atoms with Crippen LogP contribution in [0.5, 0.6) is 0 Å². The summed E-state index contributed by atoms with van der Waals surface area (Å²) in [4.78, 5) is 10.6. The molecule has 3 rings (SSSR count). The van der Waals surface area contributed by atoms with Crippen molar-refractivity contribution in [1.29, 1.82) is 5.26 Å². The van der Waals surface area contributed by atoms with E-state index < -0.39 is 0 Å². The molecule has 18 heavy (non-hydrogen) atoms. The van der Waals surface area contributed by atoms with Crippen molar-refractivity contribution in [1.82, 2.24) is 19.7 Å². The van der Waals surface area contributed by atoms with Crippen molar-refractivity contribution in [3.8, 4) is 6.07 Å². The molecule has 2 aromatic rings. The van der Waals surface area contributed by atoms with E-state index in [4.69, 9.17) is 5.26 Å². The Balaban J connectivity index is 1.68. The average molecular weight is 240 g/mol. The summed E-state index contributed by atoms with van der Waals surface area (Å²) >= 11 is 0. The van der Waals surface area contributed by atoms with Crippen LogP contribution in [0.3, 0.4) is 0 Å². The maximum absolute atomic E-state index is 8.75. The Bertz CT molecular complexity index is 605. The fraction of sp³-hybridized carbons (Fsp3) is 0.333. The first kappa shape index (κ1) is 10.7. The molecule has 6 nitrogen and oxygen atoms in total. The Labute approximate surface area is 105 Å². The van der Waals surface area contributed by atoms with Gasteiger partial charge in [-0.2, -0.15) is 10.4 Å². The number of aromatic nitrogens is 4. The lowest BCUT2D eigenvalue weighted by molar-refractivity contribution is 0.365. The van der Waals surface area contributed by atoms with Crippen LogP contribution in [0.1, 0.15) is 17.4 Å². The first-order chi connectivity index (χ1) is 8.76. The maximum atomic E-state index is 8.75. The van der Waals surface area contributed by atoms with E-state index in [2.05, 4.69) is 26.0 Å². The van der Waals surface area contributed by atoms with E-state index in [1.807, 2.05) is 17.7 Å². The highest BCUT2D eigenvalue weighted by Gasteiger charge is 2.29. The monoisotopic (exact) mass is 240 g/mol. The highest BCUT2D eigenvalue weighted by Crippen LogP contribution is 2.25. The molecule has 0 saturated carbocycles. The molecule has 0 unspecified atom stereocenters. The zero-order valence-electron chi connectivity index (χ0n) is 9.98. The van der Waals surface area contributed by atoms with E-state index in [9.17, 15) is 0 Å². The first-order valence-electron chi connectivity index (χ1n) is 5.75. The molecule has 1 saturated heterocycles. The lowest BCUT2D eigenvalue weighted by Gasteiger charge is -2.40. The van der Waals surface area contributed by atoms with Crippen molar-refractivity contribution in [3.05, 3.63) is 36.0 Å². The van der Waals surface area contributed by atoms with Crippen molar-refractivity contribution < 1.29 is 0 Å². The molecule has 90 valence electrons. The lowest BCUT2D eigenvalue weighted by atomic mass is 10.1. The quantitative estimate of drug-likeness (QED) is 0.780. The maximum Gasteiger partial charge on any atom is 0.132 e. The molecule has 0 radical (unpaired) electrons. The zero-order valence-corrected chi connectivity index (χ0v) is 9.98. The summed E-state index contributed by atoms with van der Waals surface area (Å²) in [6.45, 7) is 3.61. The van der Waals surface area contributed by atoms with Gasteiger partial charge >= 0.3 is 0 Å². The molecule has 0 N–H and O–H groups in total. The summed E-state index contributed by atoms with van der Waals surface area (Å²) in [6.07, 6.45) is 5.15. The summed E-state index contributed by atoms with van der Waals surface area (Å²) < 4.78 is 1.85. The van der Waals surface area contributed by atoms with Crippen LogP contribution in [0.25, 0.3) is 0 Å². The van der Waals surface area contributed by atoms with E-state index in [1.165, 1.54) is 0 Å². The number of hydrogen-bond donors (Lipinski definition) is 0. The lowest BCUT2D eigenvalue weighted by Crippen LogP contribution is -2.48. The van der Waals surface area contributed by atoms with E-state index in [1.54, 1.807) is 18.6 Å². The van der Waals surface area contributed by atoms with Crippen LogP contribution in [0.4, 0.5) is 5.82 Å². The van der Waals surface area contributed by atoms with E-state index in [-0.39, 0.29) is 0 Å². The van der Waals surface area contributed by atoms with Gasteiger partial charge in [0, 0.05) is 25.5 Å². The minimum absolute atomic E-state index is 0.322. The molecule has 0 spiro atoms. The predicted octanol–water partition coefficient (Wildman–Crippen LogP) is 0.914. The van der Waals surface area contributed by atoms with Crippen LogP contribution in [0.15, 0.2) is 24.7 Å². The smallest absolute Gasteiger partial charge is 0.132 e. The zero-order chi connectivity index (χ0) is 12.5. The van der Waals surface area contributed by atoms with Gasteiger partial charge in [-0.3, -0.25) is 4.68 Å². The van der Waals surface area contributed by atoms with E-state index in [0.717, 1.165) is 24.7 Å². The Morgan fingerprint density at radius 2 is 2.28 bits per heavy atom. The summed E-state index contributed by atoms with van der Waals surface area (Å²) in [7, 11) is 0. The summed E-state index contributed by atoms with van der Waals surface area (Å²) in [5, 5.41) is 12.9. The number of hydrogen-bond acceptors (Lipinski definition) is 5. The van der Waals surface area contributed by atoms with Gasteiger partial charge in [0.1, 0.15) is 17.7 Å². The molecule has 0 bridgehead atoms. The molecule has 1 fully saturated rings. The second-order valence-electron chi connectivity index (χ2n) is 4.34. The van der Waals surface area contributed by atoms with Crippen LogP contribution in [0, 0.1) is 18.3 Å². The minimum atomic E-state index is 0.322. The third-order valence-corrected chi connectivity index (χ3v) is 3.05. The van der Waals surface area contributed by atoms with Crippen molar-refractivity contribution in [2.24, 2.45) is 0 Å². The highest BCUT2D eigenvalue weighted by atomic mass is 15.4. The third kappa shape index (κ3) is 1.80. The van der Waals surface area contributed by atoms with Gasteiger partial charge < -0.3 is 4.90 Å². The van der Waals surface area contributed by atoms with Gasteiger partial charge in [-0.05, 0) is 13.0 Å². The van der Waals surface area contributed by atoms with E-state index >= 15 is 0 Å². The van der Waals surface area contributed by atoms with Gasteiger partial charge in [-0.25, -0.2) is 9.97 Å². The van der Waals surface area contributed by atoms with Crippen molar-refractivity contribution >= 4 is 5.82 Å². The molecule has 6 heteroatoms. The molecule has 2 aromatic heterocycles. The van der Waals surface area contributed by atoms with Crippen molar-refractivity contribution in [2.45, 2.75) is 13.0 Å². The summed E-state index contributed by atoms with van der Waals surface area (Å²) in [6, 6.07) is 4.31. The molecule has 0 aromatic carbocycles. The van der Waals surface area contributed by atoms with Crippen molar-refractivity contribution in [2.75, 3.05) is 18.0 Å². The third-order valence-electron chi connectivity index (χ3n) is 3.05. The van der Waals surface area contributed by atoms with Crippen LogP contribution in [-0.4, -0.2) is 32.8 Å². The topological polar surface area (TPSA) is 70.6 Å². The number of anilines is 1. The van der Waals surface area contributed by atoms with Crippen LogP contribution >= 0.6 is 0 Å². The van der Waals surface area contributed by atoms with Gasteiger partial charge in [0.25, 0.3) is 0 Å². The SMILES string of the molecule is Cc1nccc(N2CC(n3cc(C#N)cn3)C2)n1. The molecule has 0 atom stereocenters. The molecule has 3 heterocycles. The molecule has 0 aliphatic carbocycles. The Hall–Kier alpha value is -2.42. The molecular formula is C12H12N6. The Kier molecular flexibility index (Phi) is 2.45. The van der Waals surface area contributed by atoms with Crippen molar-refractivity contribution in [3.63, 3.8) is 0 Å². The molecule has 0 amide bonds. The second kappa shape index (κ2) is 4.11. The Morgan fingerprint density at radius 3 is 2.94 bits per heavy atom. The van der Waals surface area contributed by atoms with Gasteiger partial charge in [0.15, 0.2) is 0 Å². The van der Waals surface area contributed by atoms with Crippen LogP contribution in [-0.2, 0) is 0 Å². The van der Waals surface area contributed by atoms with Crippen LogP contribution in [0.2, 0.25) is 0 Å². The number of nitrogens with zero attached hydrogens (tertiary/aromatic N) is 6. The van der Waals surface area contributed by atoms with Crippen LogP contribution < -0.4 is 4.90 Å². The minimum Gasteiger partial charge on any atom is -0.352 e. The van der Waals surface area contributed by atoms with Gasteiger partial charge in [-0.1, -0.05) is 0 Å². The first-order valence-corrected chi connectivity index (χ1v) is 5.75.